The minimum Gasteiger partial charge on any atom is -0.426 e. The van der Waals surface area contributed by atoms with Gasteiger partial charge in [-0.1, -0.05) is 6.07 Å². The Morgan fingerprint density at radius 3 is 2.86 bits per heavy atom. The molecule has 0 radical (unpaired) electrons. The quantitative estimate of drug-likeness (QED) is 0.284. The third kappa shape index (κ3) is 3.62. The number of halogens is 1. The molecule has 1 aromatic carbocycles. The van der Waals surface area contributed by atoms with E-state index >= 15 is 0 Å². The van der Waals surface area contributed by atoms with Crippen LogP contribution in [0.4, 0.5) is 0 Å². The second kappa shape index (κ2) is 7.04. The van der Waals surface area contributed by atoms with Gasteiger partial charge in [0.1, 0.15) is 16.9 Å². The first-order chi connectivity index (χ1) is 10.5. The first-order valence-corrected chi connectivity index (χ1v) is 7.08. The number of fused-ring (bicyclic) bond motifs is 1. The summed E-state index contributed by atoms with van der Waals surface area (Å²) in [6.07, 6.45) is 2.93. The van der Waals surface area contributed by atoms with E-state index in [1.165, 1.54) is 12.3 Å². The third-order valence-corrected chi connectivity index (χ3v) is 3.14. The van der Waals surface area contributed by atoms with Gasteiger partial charge in [0.15, 0.2) is 0 Å². The summed E-state index contributed by atoms with van der Waals surface area (Å²) in [4.78, 5) is 27.8. The maximum atomic E-state index is 12.0. The topological polar surface area (TPSA) is 68.9 Å². The van der Waals surface area contributed by atoms with E-state index in [0.717, 1.165) is 5.56 Å². The van der Waals surface area contributed by atoms with Crippen LogP contribution in [-0.2, 0) is 10.6 Å². The molecule has 0 saturated carbocycles. The van der Waals surface area contributed by atoms with Crippen LogP contribution in [-0.4, -0.2) is 12.2 Å². The van der Waals surface area contributed by atoms with Crippen molar-refractivity contribution in [2.75, 3.05) is 0 Å². The summed E-state index contributed by atoms with van der Waals surface area (Å²) < 4.78 is 10.2. The molecule has 0 fully saturated rings. The highest BCUT2D eigenvalue weighted by Crippen LogP contribution is 2.17. The first-order valence-electron chi connectivity index (χ1n) is 6.54. The molecule has 0 unspecified atom stereocenters. The van der Waals surface area contributed by atoms with Gasteiger partial charge in [-0.15, -0.1) is 11.6 Å². The Morgan fingerprint density at radius 1 is 1.41 bits per heavy atom. The normalized spacial score (nSPS) is 12.0. The Hall–Kier alpha value is -2.40. The van der Waals surface area contributed by atoms with Gasteiger partial charge in [-0.3, -0.25) is 4.99 Å². The second-order valence-corrected chi connectivity index (χ2v) is 4.76. The van der Waals surface area contributed by atoms with Crippen LogP contribution < -0.4 is 5.63 Å². The number of benzene rings is 1. The van der Waals surface area contributed by atoms with Crippen LogP contribution in [0.25, 0.3) is 11.0 Å². The number of aliphatic imine (C=N–C) groups is 1. The zero-order valence-corrected chi connectivity index (χ0v) is 12.9. The van der Waals surface area contributed by atoms with Crippen molar-refractivity contribution < 1.29 is 13.9 Å². The van der Waals surface area contributed by atoms with Crippen molar-refractivity contribution in [1.29, 1.82) is 0 Å². The molecule has 0 amide bonds. The highest BCUT2D eigenvalue weighted by Gasteiger charge is 2.16. The van der Waals surface area contributed by atoms with Gasteiger partial charge in [0, 0.05) is 17.5 Å². The number of nitrogens with zero attached hydrogens (tertiary/aromatic N) is 1. The fourth-order valence-electron chi connectivity index (χ4n) is 1.81. The standard InChI is InChI=1S/C16H14ClNO4/c1-3-18-9-10(2)21-15(19)13-7-12-6-11(8-17)4-5-14(12)22-16(13)20/h3-7,9H,8H2,1-2H3. The molecule has 0 aliphatic rings. The minimum absolute atomic E-state index is 0.174. The lowest BCUT2D eigenvalue weighted by atomic mass is 10.1. The Labute approximate surface area is 131 Å². The second-order valence-electron chi connectivity index (χ2n) is 4.49. The summed E-state index contributed by atoms with van der Waals surface area (Å²) in [7, 11) is 0. The molecular weight excluding hydrogens is 306 g/mol. The average Bonchev–Trinajstić information content (AvgIpc) is 2.51. The van der Waals surface area contributed by atoms with E-state index in [1.54, 1.807) is 38.3 Å². The number of alkyl halides is 1. The molecule has 0 aliphatic carbocycles. The van der Waals surface area contributed by atoms with Crippen LogP contribution in [0, 0.1) is 0 Å². The van der Waals surface area contributed by atoms with Crippen LogP contribution in [0.15, 0.2) is 50.4 Å². The average molecular weight is 320 g/mol. The fourth-order valence-corrected chi connectivity index (χ4v) is 1.97. The lowest BCUT2D eigenvalue weighted by Gasteiger charge is -2.04. The van der Waals surface area contributed by atoms with Crippen LogP contribution in [0.5, 0.6) is 0 Å². The van der Waals surface area contributed by atoms with E-state index in [1.807, 2.05) is 0 Å². The Morgan fingerprint density at radius 2 is 2.18 bits per heavy atom. The van der Waals surface area contributed by atoms with Gasteiger partial charge >= 0.3 is 11.6 Å². The summed E-state index contributed by atoms with van der Waals surface area (Å²) in [5, 5.41) is 0.609. The van der Waals surface area contributed by atoms with Crippen molar-refractivity contribution in [2.24, 2.45) is 4.99 Å². The van der Waals surface area contributed by atoms with Crippen molar-refractivity contribution in [3.63, 3.8) is 0 Å². The lowest BCUT2D eigenvalue weighted by molar-refractivity contribution is 0.0621. The van der Waals surface area contributed by atoms with Gasteiger partial charge in [-0.2, -0.15) is 0 Å². The van der Waals surface area contributed by atoms with Crippen molar-refractivity contribution >= 4 is 34.8 Å². The number of carbonyl (C=O) groups excluding carboxylic acids is 1. The predicted molar refractivity (Wildman–Crippen MR) is 85.4 cm³/mol. The van der Waals surface area contributed by atoms with Gasteiger partial charge in [-0.05, 0) is 37.6 Å². The third-order valence-electron chi connectivity index (χ3n) is 2.83. The Kier molecular flexibility index (Phi) is 5.12. The lowest BCUT2D eigenvalue weighted by Crippen LogP contribution is -2.15. The minimum atomic E-state index is -0.785. The van der Waals surface area contributed by atoms with Crippen molar-refractivity contribution in [1.82, 2.24) is 0 Å². The summed E-state index contributed by atoms with van der Waals surface area (Å²) >= 11 is 5.77. The number of esters is 1. The van der Waals surface area contributed by atoms with E-state index in [0.29, 0.717) is 16.8 Å². The molecule has 5 nitrogen and oxygen atoms in total. The molecule has 1 aromatic heterocycles. The maximum absolute atomic E-state index is 12.0. The number of carbonyl (C=O) groups is 1. The molecule has 2 aromatic rings. The summed E-state index contributed by atoms with van der Waals surface area (Å²) in [5.41, 5.74) is 0.323. The number of hydrogen-bond donors (Lipinski definition) is 0. The molecule has 0 N–H and O–H groups in total. The van der Waals surface area contributed by atoms with Crippen LogP contribution >= 0.6 is 11.6 Å². The molecule has 0 saturated heterocycles. The first kappa shape index (κ1) is 16.0. The van der Waals surface area contributed by atoms with Crippen LogP contribution in [0.2, 0.25) is 0 Å². The molecule has 22 heavy (non-hydrogen) atoms. The van der Waals surface area contributed by atoms with Crippen LogP contribution in [0.3, 0.4) is 0 Å². The van der Waals surface area contributed by atoms with Gasteiger partial charge in [0.25, 0.3) is 0 Å². The highest BCUT2D eigenvalue weighted by molar-refractivity contribution is 6.17. The zero-order chi connectivity index (χ0) is 16.1. The van der Waals surface area contributed by atoms with E-state index in [9.17, 15) is 9.59 Å². The van der Waals surface area contributed by atoms with Gasteiger partial charge in [0.2, 0.25) is 0 Å². The van der Waals surface area contributed by atoms with Crippen molar-refractivity contribution in [2.45, 2.75) is 19.7 Å². The van der Waals surface area contributed by atoms with E-state index < -0.39 is 11.6 Å². The maximum Gasteiger partial charge on any atom is 0.351 e. The number of allylic oxidation sites excluding steroid dienone is 1. The van der Waals surface area contributed by atoms with Gasteiger partial charge < -0.3 is 9.15 Å². The highest BCUT2D eigenvalue weighted by atomic mass is 35.5. The van der Waals surface area contributed by atoms with Gasteiger partial charge in [0.05, 0.1) is 6.20 Å². The molecule has 0 aliphatic heterocycles. The summed E-state index contributed by atoms with van der Waals surface area (Å²) in [6, 6.07) is 6.60. The monoisotopic (exact) mass is 319 g/mol. The Balaban J connectivity index is 2.40. The summed E-state index contributed by atoms with van der Waals surface area (Å²) in [6.45, 7) is 3.30. The van der Waals surface area contributed by atoms with Crippen LogP contribution in [0.1, 0.15) is 29.8 Å². The SMILES string of the molecule is CC=NC=C(C)OC(=O)c1cc2cc(CCl)ccc2oc1=O. The van der Waals surface area contributed by atoms with E-state index in [-0.39, 0.29) is 11.3 Å². The fraction of sp³-hybridized carbons (Fsp3) is 0.188. The Bertz CT molecular complexity index is 820. The molecular formula is C16H14ClNO4. The van der Waals surface area contributed by atoms with Crippen molar-refractivity contribution in [3.8, 4) is 0 Å². The predicted octanol–water partition coefficient (Wildman–Crippen LogP) is 3.64. The van der Waals surface area contributed by atoms with Crippen molar-refractivity contribution in [3.05, 3.63) is 57.8 Å². The molecule has 114 valence electrons. The van der Waals surface area contributed by atoms with E-state index in [4.69, 9.17) is 20.8 Å². The molecule has 0 bridgehead atoms. The summed E-state index contributed by atoms with van der Waals surface area (Å²) in [5.74, 6) is -0.185. The number of rotatable bonds is 4. The number of hydrogen-bond acceptors (Lipinski definition) is 5. The van der Waals surface area contributed by atoms with Gasteiger partial charge in [-0.25, -0.2) is 9.59 Å². The number of ether oxygens (including phenoxy) is 1. The molecule has 2 rings (SSSR count). The van der Waals surface area contributed by atoms with E-state index in [2.05, 4.69) is 4.99 Å². The molecule has 6 heteroatoms. The largest absolute Gasteiger partial charge is 0.426 e. The zero-order valence-electron chi connectivity index (χ0n) is 12.1. The molecule has 1 heterocycles. The molecule has 0 atom stereocenters. The smallest absolute Gasteiger partial charge is 0.351 e. The molecule has 0 spiro atoms.